The summed E-state index contributed by atoms with van der Waals surface area (Å²) in [7, 11) is -3.18. The number of H-pyrrole nitrogens is 1. The van der Waals surface area contributed by atoms with E-state index < -0.39 is 9.84 Å². The molecular formula is C28H30N6O3S. The van der Waals surface area contributed by atoms with Crippen LogP contribution in [0.3, 0.4) is 0 Å². The average molecular weight is 531 g/mol. The molecule has 0 radical (unpaired) electrons. The normalized spacial score (nSPS) is 14.9. The number of fused-ring (bicyclic) bond motifs is 1. The monoisotopic (exact) mass is 530 g/mol. The number of hydrogen-bond acceptors (Lipinski definition) is 8. The fourth-order valence-electron chi connectivity index (χ4n) is 4.85. The maximum Gasteiger partial charge on any atom is 0.248 e. The van der Waals surface area contributed by atoms with Crippen LogP contribution in [0.25, 0.3) is 11.0 Å². The van der Waals surface area contributed by atoms with Crippen molar-refractivity contribution < 1.29 is 13.2 Å². The number of benzene rings is 2. The molecule has 0 aliphatic carbocycles. The van der Waals surface area contributed by atoms with Crippen LogP contribution in [-0.2, 0) is 16.4 Å². The van der Waals surface area contributed by atoms with Gasteiger partial charge < -0.3 is 15.0 Å². The van der Waals surface area contributed by atoms with Crippen molar-refractivity contribution in [2.75, 3.05) is 24.7 Å². The third-order valence-corrected chi connectivity index (χ3v) is 7.97. The highest BCUT2D eigenvalue weighted by Crippen LogP contribution is 2.33. The quantitative estimate of drug-likeness (QED) is 0.352. The molecule has 2 aromatic carbocycles. The van der Waals surface area contributed by atoms with Crippen molar-refractivity contribution in [2.24, 2.45) is 0 Å². The number of anilines is 1. The second kappa shape index (κ2) is 10.4. The topological polar surface area (TPSA) is 124 Å². The van der Waals surface area contributed by atoms with Gasteiger partial charge in [-0.2, -0.15) is 10.2 Å². The molecule has 196 valence electrons. The van der Waals surface area contributed by atoms with Crippen molar-refractivity contribution in [3.05, 3.63) is 70.9 Å². The number of sulfone groups is 1. The van der Waals surface area contributed by atoms with Gasteiger partial charge in [0.2, 0.25) is 11.8 Å². The third kappa shape index (κ3) is 5.64. The highest BCUT2D eigenvalue weighted by molar-refractivity contribution is 7.90. The van der Waals surface area contributed by atoms with E-state index in [4.69, 9.17) is 9.72 Å². The lowest BCUT2D eigenvalue weighted by Crippen LogP contribution is -2.39. The van der Waals surface area contributed by atoms with Crippen LogP contribution in [0, 0.1) is 25.2 Å². The van der Waals surface area contributed by atoms with Gasteiger partial charge in [-0.15, -0.1) is 0 Å². The number of aryl methyl sites for hydroxylation is 2. The molecule has 0 unspecified atom stereocenters. The molecule has 1 fully saturated rings. The average Bonchev–Trinajstić information content (AvgIpc) is 3.36. The maximum absolute atomic E-state index is 11.7. The number of likely N-dealkylation sites (tertiary alicyclic amines) is 1. The Kier molecular flexibility index (Phi) is 7.06. The number of ether oxygens (including phenoxy) is 1. The predicted molar refractivity (Wildman–Crippen MR) is 146 cm³/mol. The summed E-state index contributed by atoms with van der Waals surface area (Å²) in [6.07, 6.45) is 4.90. The van der Waals surface area contributed by atoms with E-state index >= 15 is 0 Å². The summed E-state index contributed by atoms with van der Waals surface area (Å²) in [5, 5.41) is 12.7. The Morgan fingerprint density at radius 2 is 1.79 bits per heavy atom. The van der Waals surface area contributed by atoms with E-state index in [9.17, 15) is 13.7 Å². The van der Waals surface area contributed by atoms with Gasteiger partial charge in [-0.25, -0.2) is 13.4 Å². The molecule has 10 heteroatoms. The molecule has 2 aromatic heterocycles. The number of hydrogen-bond donors (Lipinski definition) is 2. The second-order valence-corrected chi connectivity index (χ2v) is 11.9. The van der Waals surface area contributed by atoms with E-state index in [2.05, 4.69) is 26.3 Å². The van der Waals surface area contributed by atoms with Gasteiger partial charge in [-0.3, -0.25) is 4.90 Å². The number of rotatable bonds is 7. The van der Waals surface area contributed by atoms with E-state index in [0.717, 1.165) is 60.2 Å². The molecule has 0 amide bonds. The van der Waals surface area contributed by atoms with Gasteiger partial charge in [0.05, 0.1) is 22.0 Å². The zero-order valence-corrected chi connectivity index (χ0v) is 22.5. The van der Waals surface area contributed by atoms with Crippen molar-refractivity contribution in [3.63, 3.8) is 0 Å². The van der Waals surface area contributed by atoms with E-state index in [0.29, 0.717) is 28.0 Å². The molecule has 0 atom stereocenters. The van der Waals surface area contributed by atoms with Crippen LogP contribution in [0.1, 0.15) is 35.1 Å². The lowest BCUT2D eigenvalue weighted by atomic mass is 10.0. The minimum atomic E-state index is -3.18. The minimum Gasteiger partial charge on any atom is -0.436 e. The smallest absolute Gasteiger partial charge is 0.248 e. The molecule has 2 N–H and O–H groups in total. The Bertz CT molecular complexity index is 1590. The van der Waals surface area contributed by atoms with Crippen molar-refractivity contribution in [2.45, 2.75) is 44.2 Å². The highest BCUT2D eigenvalue weighted by Gasteiger charge is 2.22. The lowest BCUT2D eigenvalue weighted by molar-refractivity contribution is 0.211. The van der Waals surface area contributed by atoms with Gasteiger partial charge in [0, 0.05) is 38.1 Å². The van der Waals surface area contributed by atoms with Crippen LogP contribution in [0.5, 0.6) is 11.6 Å². The molecule has 1 aliphatic rings. The predicted octanol–water partition coefficient (Wildman–Crippen LogP) is 4.72. The molecule has 0 bridgehead atoms. The van der Waals surface area contributed by atoms with E-state index in [1.54, 1.807) is 12.1 Å². The summed E-state index contributed by atoms with van der Waals surface area (Å²) in [4.78, 5) is 15.3. The Morgan fingerprint density at radius 3 is 2.42 bits per heavy atom. The lowest BCUT2D eigenvalue weighted by Gasteiger charge is -2.32. The van der Waals surface area contributed by atoms with Crippen LogP contribution in [0.4, 0.5) is 5.95 Å². The number of aromatic nitrogens is 3. The molecule has 1 saturated heterocycles. The Morgan fingerprint density at radius 1 is 1.11 bits per heavy atom. The zero-order valence-electron chi connectivity index (χ0n) is 21.7. The first-order valence-corrected chi connectivity index (χ1v) is 14.4. The van der Waals surface area contributed by atoms with Crippen LogP contribution in [-0.4, -0.2) is 53.7 Å². The van der Waals surface area contributed by atoms with Crippen LogP contribution >= 0.6 is 0 Å². The van der Waals surface area contributed by atoms with Gasteiger partial charge in [0.1, 0.15) is 11.3 Å². The third-order valence-electron chi connectivity index (χ3n) is 6.84. The fourth-order valence-corrected chi connectivity index (χ4v) is 5.48. The summed E-state index contributed by atoms with van der Waals surface area (Å²) in [5.41, 5.74) is 4.91. The standard InChI is InChI=1S/C28H30N6O3S/c1-18-14-21(16-29)15-19(2)26(18)37-27-25-24(8-11-30-25)32-28(33-27)31-22-9-12-34(13-10-22)17-20-4-6-23(7-5-20)38(3,35)36/h4-8,11,14-15,22,30H,9-10,12-13,17H2,1-3H3,(H,31,32,33). The van der Waals surface area contributed by atoms with Gasteiger partial charge in [0.25, 0.3) is 0 Å². The zero-order chi connectivity index (χ0) is 26.9. The fraction of sp³-hybridized carbons (Fsp3) is 0.321. The van der Waals surface area contributed by atoms with E-state index in [1.165, 1.54) is 6.26 Å². The first kappa shape index (κ1) is 25.7. The molecule has 5 rings (SSSR count). The van der Waals surface area contributed by atoms with Crippen molar-refractivity contribution in [3.8, 4) is 17.7 Å². The van der Waals surface area contributed by atoms with E-state index in [-0.39, 0.29) is 6.04 Å². The number of aromatic amines is 1. The van der Waals surface area contributed by atoms with Gasteiger partial charge in [0.15, 0.2) is 9.84 Å². The molecule has 9 nitrogen and oxygen atoms in total. The molecule has 0 spiro atoms. The Labute approximate surface area is 222 Å². The summed E-state index contributed by atoms with van der Waals surface area (Å²) in [6, 6.07) is 15.0. The summed E-state index contributed by atoms with van der Waals surface area (Å²) >= 11 is 0. The Balaban J connectivity index is 1.25. The van der Waals surface area contributed by atoms with Crippen molar-refractivity contribution in [1.82, 2.24) is 19.9 Å². The molecule has 4 aromatic rings. The number of nitrogens with zero attached hydrogens (tertiary/aromatic N) is 4. The van der Waals surface area contributed by atoms with E-state index in [1.807, 2.05) is 50.4 Å². The first-order chi connectivity index (χ1) is 18.2. The van der Waals surface area contributed by atoms with Gasteiger partial charge >= 0.3 is 0 Å². The first-order valence-electron chi connectivity index (χ1n) is 12.5. The number of nitrogens with one attached hydrogen (secondary N) is 2. The van der Waals surface area contributed by atoms with Crippen LogP contribution < -0.4 is 10.1 Å². The van der Waals surface area contributed by atoms with Gasteiger partial charge in [-0.05, 0) is 73.7 Å². The molecule has 3 heterocycles. The second-order valence-electron chi connectivity index (χ2n) is 9.85. The largest absolute Gasteiger partial charge is 0.436 e. The van der Waals surface area contributed by atoms with Crippen LogP contribution in [0.15, 0.2) is 53.6 Å². The van der Waals surface area contributed by atoms with Crippen LogP contribution in [0.2, 0.25) is 0 Å². The van der Waals surface area contributed by atoms with Gasteiger partial charge in [-0.1, -0.05) is 12.1 Å². The SMILES string of the molecule is Cc1cc(C#N)cc(C)c1Oc1nc(NC2CCN(Cc3ccc(S(C)(=O)=O)cc3)CC2)nc2cc[nH]c12. The number of piperidine rings is 1. The maximum atomic E-state index is 11.7. The summed E-state index contributed by atoms with van der Waals surface area (Å²) < 4.78 is 29.7. The number of nitriles is 1. The molecular weight excluding hydrogens is 500 g/mol. The highest BCUT2D eigenvalue weighted by atomic mass is 32.2. The molecule has 1 aliphatic heterocycles. The molecule has 38 heavy (non-hydrogen) atoms. The summed E-state index contributed by atoms with van der Waals surface area (Å²) in [5.74, 6) is 1.64. The Hall–Kier alpha value is -3.94. The van der Waals surface area contributed by atoms with Crippen molar-refractivity contribution >= 4 is 26.8 Å². The molecule has 0 saturated carbocycles. The van der Waals surface area contributed by atoms with Crippen molar-refractivity contribution in [1.29, 1.82) is 5.26 Å². The summed E-state index contributed by atoms with van der Waals surface area (Å²) in [6.45, 7) is 6.44. The minimum absolute atomic E-state index is 0.224.